The van der Waals surface area contributed by atoms with Crippen LogP contribution in [-0.4, -0.2) is 48.5 Å². The average Bonchev–Trinajstić information content (AvgIpc) is 2.63. The molecule has 1 fully saturated rings. The van der Waals surface area contributed by atoms with E-state index in [1.54, 1.807) is 0 Å². The number of para-hydroxylation sites is 1. The van der Waals surface area contributed by atoms with Crippen LogP contribution in [0, 0.1) is 0 Å². The lowest BCUT2D eigenvalue weighted by molar-refractivity contribution is -0.135. The monoisotopic (exact) mass is 344 g/mol. The third kappa shape index (κ3) is 4.49. The fraction of sp³-hybridized carbons (Fsp3) is 0.316. The van der Waals surface area contributed by atoms with Gasteiger partial charge in [0.25, 0.3) is 5.91 Å². The summed E-state index contributed by atoms with van der Waals surface area (Å²) in [4.78, 5) is 16.4. The highest BCUT2D eigenvalue weighted by atomic mass is 35.5. The summed E-state index contributed by atoms with van der Waals surface area (Å²) < 4.78 is 5.54. The van der Waals surface area contributed by atoms with Crippen molar-refractivity contribution < 1.29 is 9.53 Å². The average molecular weight is 345 g/mol. The molecule has 3 rings (SSSR count). The Bertz CT molecular complexity index is 670. The molecule has 1 amide bonds. The molecule has 1 saturated heterocycles. The highest BCUT2D eigenvalue weighted by molar-refractivity contribution is 6.31. The summed E-state index contributed by atoms with van der Waals surface area (Å²) in [6.07, 6.45) is 0. The van der Waals surface area contributed by atoms with Crippen LogP contribution < -0.4 is 4.74 Å². The number of carbonyl (C=O) groups excluding carboxylic acids is 1. The molecular weight excluding hydrogens is 324 g/mol. The second-order valence-electron chi connectivity index (χ2n) is 5.85. The van der Waals surface area contributed by atoms with Crippen molar-refractivity contribution in [3.63, 3.8) is 0 Å². The fourth-order valence-corrected chi connectivity index (χ4v) is 2.97. The minimum Gasteiger partial charge on any atom is -0.484 e. The third-order valence-corrected chi connectivity index (χ3v) is 4.55. The Morgan fingerprint density at radius 3 is 2.33 bits per heavy atom. The van der Waals surface area contributed by atoms with Crippen LogP contribution >= 0.6 is 11.6 Å². The van der Waals surface area contributed by atoms with Gasteiger partial charge in [-0.05, 0) is 23.8 Å². The quantitative estimate of drug-likeness (QED) is 0.835. The molecule has 0 radical (unpaired) electrons. The van der Waals surface area contributed by atoms with E-state index >= 15 is 0 Å². The molecular formula is C19H21ClN2O2. The predicted molar refractivity (Wildman–Crippen MR) is 95.2 cm³/mol. The molecule has 0 spiro atoms. The third-order valence-electron chi connectivity index (χ3n) is 4.18. The first-order valence-corrected chi connectivity index (χ1v) is 8.51. The molecule has 0 aliphatic carbocycles. The molecule has 0 unspecified atom stereocenters. The van der Waals surface area contributed by atoms with E-state index in [2.05, 4.69) is 4.90 Å². The number of rotatable bonds is 5. The van der Waals surface area contributed by atoms with Crippen molar-refractivity contribution in [2.45, 2.75) is 6.54 Å². The van der Waals surface area contributed by atoms with E-state index < -0.39 is 0 Å². The zero-order valence-corrected chi connectivity index (χ0v) is 14.3. The Hall–Kier alpha value is -2.04. The topological polar surface area (TPSA) is 32.8 Å². The normalized spacial score (nSPS) is 15.3. The first-order chi connectivity index (χ1) is 11.7. The number of halogens is 1. The number of ether oxygens (including phenoxy) is 1. The number of amides is 1. The lowest BCUT2D eigenvalue weighted by Crippen LogP contribution is -2.49. The maximum absolute atomic E-state index is 12.3. The van der Waals surface area contributed by atoms with E-state index in [1.807, 2.05) is 59.5 Å². The van der Waals surface area contributed by atoms with E-state index in [1.165, 1.54) is 0 Å². The molecule has 2 aromatic rings. The minimum atomic E-state index is 0.0382. The van der Waals surface area contributed by atoms with Gasteiger partial charge in [-0.1, -0.05) is 48.0 Å². The molecule has 5 heteroatoms. The Morgan fingerprint density at radius 1 is 0.958 bits per heavy atom. The Kier molecular flexibility index (Phi) is 5.72. The van der Waals surface area contributed by atoms with Crippen LogP contribution in [0.25, 0.3) is 0 Å². The van der Waals surface area contributed by atoms with Crippen molar-refractivity contribution in [3.8, 4) is 5.75 Å². The van der Waals surface area contributed by atoms with Crippen molar-refractivity contribution in [1.29, 1.82) is 0 Å². The van der Waals surface area contributed by atoms with Crippen molar-refractivity contribution in [3.05, 3.63) is 65.2 Å². The van der Waals surface area contributed by atoms with Crippen LogP contribution in [0.2, 0.25) is 5.02 Å². The summed E-state index contributed by atoms with van der Waals surface area (Å²) in [7, 11) is 0. The summed E-state index contributed by atoms with van der Waals surface area (Å²) >= 11 is 6.21. The second-order valence-corrected chi connectivity index (χ2v) is 6.26. The van der Waals surface area contributed by atoms with E-state index in [9.17, 15) is 4.79 Å². The van der Waals surface area contributed by atoms with Gasteiger partial charge in [0.05, 0.1) is 0 Å². The molecule has 0 atom stereocenters. The van der Waals surface area contributed by atoms with E-state index in [-0.39, 0.29) is 12.5 Å². The van der Waals surface area contributed by atoms with Crippen LogP contribution in [-0.2, 0) is 11.3 Å². The zero-order valence-electron chi connectivity index (χ0n) is 13.5. The minimum absolute atomic E-state index is 0.0382. The molecule has 0 saturated carbocycles. The summed E-state index contributed by atoms with van der Waals surface area (Å²) in [6.45, 7) is 4.06. The highest BCUT2D eigenvalue weighted by Crippen LogP contribution is 2.18. The van der Waals surface area contributed by atoms with Gasteiger partial charge >= 0.3 is 0 Å². The van der Waals surface area contributed by atoms with Crippen molar-refractivity contribution in [2.24, 2.45) is 0 Å². The highest BCUT2D eigenvalue weighted by Gasteiger charge is 2.21. The molecule has 2 aromatic carbocycles. The van der Waals surface area contributed by atoms with Gasteiger partial charge in [-0.3, -0.25) is 9.69 Å². The second kappa shape index (κ2) is 8.18. The Balaban J connectivity index is 1.44. The molecule has 1 aliphatic heterocycles. The summed E-state index contributed by atoms with van der Waals surface area (Å²) in [5.74, 6) is 0.763. The molecule has 1 aliphatic rings. The van der Waals surface area contributed by atoms with Gasteiger partial charge in [-0.15, -0.1) is 0 Å². The molecule has 0 aromatic heterocycles. The Morgan fingerprint density at radius 2 is 1.62 bits per heavy atom. The van der Waals surface area contributed by atoms with Crippen LogP contribution in [0.15, 0.2) is 54.6 Å². The smallest absolute Gasteiger partial charge is 0.260 e. The van der Waals surface area contributed by atoms with Crippen molar-refractivity contribution in [1.82, 2.24) is 9.80 Å². The van der Waals surface area contributed by atoms with Gasteiger partial charge in [-0.25, -0.2) is 0 Å². The predicted octanol–water partition coefficient (Wildman–Crippen LogP) is 3.06. The number of hydrogen-bond acceptors (Lipinski definition) is 3. The van der Waals surface area contributed by atoms with Gasteiger partial charge < -0.3 is 9.64 Å². The lowest BCUT2D eigenvalue weighted by Gasteiger charge is -2.34. The van der Waals surface area contributed by atoms with Gasteiger partial charge in [-0.2, -0.15) is 0 Å². The summed E-state index contributed by atoms with van der Waals surface area (Å²) in [6, 6.07) is 17.3. The Labute approximate surface area is 147 Å². The molecule has 126 valence electrons. The van der Waals surface area contributed by atoms with E-state index in [0.717, 1.165) is 49.1 Å². The van der Waals surface area contributed by atoms with Crippen LogP contribution in [0.1, 0.15) is 5.56 Å². The SMILES string of the molecule is O=C(COc1ccccc1)N1CCN(Cc2ccccc2Cl)CC1. The fourth-order valence-electron chi connectivity index (χ4n) is 2.78. The molecule has 4 nitrogen and oxygen atoms in total. The van der Waals surface area contributed by atoms with Gasteiger partial charge in [0, 0.05) is 37.7 Å². The van der Waals surface area contributed by atoms with E-state index in [0.29, 0.717) is 0 Å². The lowest BCUT2D eigenvalue weighted by atomic mass is 10.2. The molecule has 0 N–H and O–H groups in total. The maximum Gasteiger partial charge on any atom is 0.260 e. The summed E-state index contributed by atoms with van der Waals surface area (Å²) in [5.41, 5.74) is 1.13. The van der Waals surface area contributed by atoms with Crippen LogP contribution in [0.4, 0.5) is 0 Å². The number of carbonyl (C=O) groups is 1. The largest absolute Gasteiger partial charge is 0.484 e. The number of hydrogen-bond donors (Lipinski definition) is 0. The maximum atomic E-state index is 12.3. The molecule has 0 bridgehead atoms. The van der Waals surface area contributed by atoms with Gasteiger partial charge in [0.15, 0.2) is 6.61 Å². The van der Waals surface area contributed by atoms with Gasteiger partial charge in [0.1, 0.15) is 5.75 Å². The van der Waals surface area contributed by atoms with Gasteiger partial charge in [0.2, 0.25) is 0 Å². The molecule has 1 heterocycles. The van der Waals surface area contributed by atoms with Crippen molar-refractivity contribution >= 4 is 17.5 Å². The first kappa shape index (κ1) is 16.8. The molecule has 24 heavy (non-hydrogen) atoms. The standard InChI is InChI=1S/C19H21ClN2O2/c20-18-9-5-4-6-16(18)14-21-10-12-22(13-11-21)19(23)15-24-17-7-2-1-3-8-17/h1-9H,10-15H2. The van der Waals surface area contributed by atoms with E-state index in [4.69, 9.17) is 16.3 Å². The van der Waals surface area contributed by atoms with Crippen molar-refractivity contribution in [2.75, 3.05) is 32.8 Å². The number of piperazine rings is 1. The van der Waals surface area contributed by atoms with Crippen LogP contribution in [0.5, 0.6) is 5.75 Å². The number of benzene rings is 2. The summed E-state index contributed by atoms with van der Waals surface area (Å²) in [5, 5.41) is 0.798. The first-order valence-electron chi connectivity index (χ1n) is 8.14. The number of nitrogens with zero attached hydrogens (tertiary/aromatic N) is 2. The van der Waals surface area contributed by atoms with Crippen LogP contribution in [0.3, 0.4) is 0 Å². The zero-order chi connectivity index (χ0) is 16.8.